The van der Waals surface area contributed by atoms with Gasteiger partial charge in [-0.3, -0.25) is 4.79 Å². The van der Waals surface area contributed by atoms with Gasteiger partial charge in [-0.15, -0.1) is 0 Å². The molecule has 0 aromatic carbocycles. The van der Waals surface area contributed by atoms with Gasteiger partial charge in [0.15, 0.2) is 0 Å². The summed E-state index contributed by atoms with van der Waals surface area (Å²) in [6.07, 6.45) is 2.72. The van der Waals surface area contributed by atoms with Crippen LogP contribution in [0.25, 0.3) is 0 Å². The van der Waals surface area contributed by atoms with Crippen LogP contribution in [0.3, 0.4) is 0 Å². The Morgan fingerprint density at radius 2 is 2.00 bits per heavy atom. The summed E-state index contributed by atoms with van der Waals surface area (Å²) >= 11 is 0. The Labute approximate surface area is 132 Å². The third-order valence-electron chi connectivity index (χ3n) is 4.17. The molecule has 1 saturated heterocycles. The summed E-state index contributed by atoms with van der Waals surface area (Å²) in [6, 6.07) is 0.0123. The highest BCUT2D eigenvalue weighted by atomic mass is 16.6. The van der Waals surface area contributed by atoms with Gasteiger partial charge in [0.05, 0.1) is 12.1 Å². The fourth-order valence-corrected chi connectivity index (χ4v) is 2.99. The highest BCUT2D eigenvalue weighted by Crippen LogP contribution is 2.28. The molecule has 2 N–H and O–H groups in total. The van der Waals surface area contributed by atoms with Gasteiger partial charge in [-0.2, -0.15) is 0 Å². The van der Waals surface area contributed by atoms with Gasteiger partial charge >= 0.3 is 6.09 Å². The van der Waals surface area contributed by atoms with Crippen molar-refractivity contribution < 1.29 is 19.1 Å². The van der Waals surface area contributed by atoms with E-state index in [1.807, 2.05) is 27.7 Å². The van der Waals surface area contributed by atoms with Crippen molar-refractivity contribution in [3.8, 4) is 0 Å². The zero-order valence-electron chi connectivity index (χ0n) is 14.0. The molecule has 2 fully saturated rings. The molecule has 0 aromatic heterocycles. The lowest BCUT2D eigenvalue weighted by Crippen LogP contribution is -2.48. The number of nitrogens with one attached hydrogen (secondary N) is 2. The van der Waals surface area contributed by atoms with Crippen LogP contribution in [0.15, 0.2) is 0 Å². The molecule has 22 heavy (non-hydrogen) atoms. The smallest absolute Gasteiger partial charge is 0.407 e. The van der Waals surface area contributed by atoms with Crippen molar-refractivity contribution in [3.05, 3.63) is 0 Å². The van der Waals surface area contributed by atoms with Gasteiger partial charge in [-0.1, -0.05) is 0 Å². The maximum atomic E-state index is 12.4. The molecule has 2 amide bonds. The van der Waals surface area contributed by atoms with Crippen LogP contribution in [-0.4, -0.2) is 42.4 Å². The second kappa shape index (κ2) is 6.44. The van der Waals surface area contributed by atoms with E-state index in [1.165, 1.54) is 0 Å². The standard InChI is InChI=1S/C16H28N2O4/c1-15(2,3)22-14(20)17-12-6-5-11(9-12)13(19)18-16(4)7-8-21-10-16/h11-12H,5-10H2,1-4H3,(H,17,20)(H,18,19)/t11-,12-,16+/m1/s1. The van der Waals surface area contributed by atoms with Crippen LogP contribution in [0.4, 0.5) is 4.79 Å². The summed E-state index contributed by atoms with van der Waals surface area (Å²) in [6.45, 7) is 8.80. The summed E-state index contributed by atoms with van der Waals surface area (Å²) in [4.78, 5) is 24.1. The van der Waals surface area contributed by atoms with E-state index >= 15 is 0 Å². The van der Waals surface area contributed by atoms with E-state index in [2.05, 4.69) is 10.6 Å². The molecule has 6 heteroatoms. The summed E-state index contributed by atoms with van der Waals surface area (Å²) in [5, 5.41) is 5.96. The minimum absolute atomic E-state index is 0.0123. The van der Waals surface area contributed by atoms with Crippen molar-refractivity contribution in [1.29, 1.82) is 0 Å². The highest BCUT2D eigenvalue weighted by Gasteiger charge is 2.37. The molecule has 126 valence electrons. The largest absolute Gasteiger partial charge is 0.444 e. The zero-order chi connectivity index (χ0) is 16.4. The van der Waals surface area contributed by atoms with E-state index < -0.39 is 11.7 Å². The Hall–Kier alpha value is -1.30. The molecule has 2 aliphatic rings. The van der Waals surface area contributed by atoms with Crippen molar-refractivity contribution in [2.24, 2.45) is 5.92 Å². The fraction of sp³-hybridized carbons (Fsp3) is 0.875. The van der Waals surface area contributed by atoms with E-state index in [1.54, 1.807) is 0 Å². The lowest BCUT2D eigenvalue weighted by molar-refractivity contribution is -0.126. The highest BCUT2D eigenvalue weighted by molar-refractivity contribution is 5.80. The quantitative estimate of drug-likeness (QED) is 0.835. The van der Waals surface area contributed by atoms with Crippen LogP contribution in [0.1, 0.15) is 53.4 Å². The van der Waals surface area contributed by atoms with Crippen LogP contribution < -0.4 is 10.6 Å². The Bertz CT molecular complexity index is 424. The molecule has 0 unspecified atom stereocenters. The number of carbonyl (C=O) groups excluding carboxylic acids is 2. The Balaban J connectivity index is 1.77. The normalized spacial score (nSPS) is 31.8. The molecule has 1 aliphatic heterocycles. The fourth-order valence-electron chi connectivity index (χ4n) is 2.99. The van der Waals surface area contributed by atoms with Crippen molar-refractivity contribution in [2.75, 3.05) is 13.2 Å². The molecule has 1 heterocycles. The predicted octanol–water partition coefficient (Wildman–Crippen LogP) is 1.97. The summed E-state index contributed by atoms with van der Waals surface area (Å²) in [7, 11) is 0. The zero-order valence-corrected chi connectivity index (χ0v) is 14.0. The number of carbonyl (C=O) groups is 2. The Morgan fingerprint density at radius 3 is 2.59 bits per heavy atom. The first kappa shape index (κ1) is 17.1. The summed E-state index contributed by atoms with van der Waals surface area (Å²) in [5.41, 5.74) is -0.746. The van der Waals surface area contributed by atoms with E-state index in [0.717, 1.165) is 19.3 Å². The SMILES string of the molecule is CC(C)(C)OC(=O)N[C@@H]1CC[C@@H](C(=O)N[C@@]2(C)CCOC2)C1. The predicted molar refractivity (Wildman–Crippen MR) is 82.5 cm³/mol. The van der Waals surface area contributed by atoms with Gasteiger partial charge in [0, 0.05) is 18.6 Å². The monoisotopic (exact) mass is 312 g/mol. The molecular weight excluding hydrogens is 284 g/mol. The third kappa shape index (κ3) is 4.87. The first-order chi connectivity index (χ1) is 10.2. The number of hydrogen-bond donors (Lipinski definition) is 2. The summed E-state index contributed by atoms with van der Waals surface area (Å²) < 4.78 is 10.6. The van der Waals surface area contributed by atoms with Gasteiger partial charge in [0.2, 0.25) is 5.91 Å². The molecular formula is C16H28N2O4. The number of hydrogen-bond acceptors (Lipinski definition) is 4. The van der Waals surface area contributed by atoms with Crippen molar-refractivity contribution in [2.45, 2.75) is 70.6 Å². The molecule has 0 radical (unpaired) electrons. The minimum atomic E-state index is -0.503. The van der Waals surface area contributed by atoms with Gasteiger partial charge in [0.25, 0.3) is 0 Å². The van der Waals surface area contributed by atoms with Crippen LogP contribution in [0.2, 0.25) is 0 Å². The van der Waals surface area contributed by atoms with Gasteiger partial charge in [-0.25, -0.2) is 4.79 Å². The maximum Gasteiger partial charge on any atom is 0.407 e. The molecule has 1 aliphatic carbocycles. The summed E-state index contributed by atoms with van der Waals surface area (Å²) in [5.74, 6) is 0.0267. The van der Waals surface area contributed by atoms with Crippen molar-refractivity contribution in [1.82, 2.24) is 10.6 Å². The first-order valence-electron chi connectivity index (χ1n) is 8.06. The van der Waals surface area contributed by atoms with Gasteiger partial charge in [-0.05, 0) is 53.4 Å². The lowest BCUT2D eigenvalue weighted by atomic mass is 9.99. The minimum Gasteiger partial charge on any atom is -0.444 e. The Morgan fingerprint density at radius 1 is 1.27 bits per heavy atom. The molecule has 6 nitrogen and oxygen atoms in total. The van der Waals surface area contributed by atoms with Crippen molar-refractivity contribution >= 4 is 12.0 Å². The molecule has 2 rings (SSSR count). The van der Waals surface area contributed by atoms with E-state index in [0.29, 0.717) is 19.6 Å². The number of amides is 2. The number of ether oxygens (including phenoxy) is 2. The van der Waals surface area contributed by atoms with Gasteiger partial charge < -0.3 is 20.1 Å². The second-order valence-electron chi connectivity index (χ2n) is 7.71. The molecule has 1 saturated carbocycles. The van der Waals surface area contributed by atoms with E-state index in [-0.39, 0.29) is 23.4 Å². The molecule has 3 atom stereocenters. The number of rotatable bonds is 3. The first-order valence-corrected chi connectivity index (χ1v) is 8.06. The van der Waals surface area contributed by atoms with Crippen molar-refractivity contribution in [3.63, 3.8) is 0 Å². The van der Waals surface area contributed by atoms with E-state index in [4.69, 9.17) is 9.47 Å². The molecule has 0 aromatic rings. The average molecular weight is 312 g/mol. The van der Waals surface area contributed by atoms with Crippen LogP contribution >= 0.6 is 0 Å². The van der Waals surface area contributed by atoms with Crippen LogP contribution in [-0.2, 0) is 14.3 Å². The molecule has 0 bridgehead atoms. The average Bonchev–Trinajstić information content (AvgIpc) is 2.96. The molecule has 0 spiro atoms. The lowest BCUT2D eigenvalue weighted by Gasteiger charge is -2.25. The van der Waals surface area contributed by atoms with Gasteiger partial charge in [0.1, 0.15) is 5.60 Å². The number of alkyl carbamates (subject to hydrolysis) is 1. The Kier molecular flexibility index (Phi) is 5.00. The van der Waals surface area contributed by atoms with Crippen LogP contribution in [0, 0.1) is 5.92 Å². The maximum absolute atomic E-state index is 12.4. The topological polar surface area (TPSA) is 76.7 Å². The van der Waals surface area contributed by atoms with E-state index in [9.17, 15) is 9.59 Å². The van der Waals surface area contributed by atoms with Crippen LogP contribution in [0.5, 0.6) is 0 Å². The third-order valence-corrected chi connectivity index (χ3v) is 4.17. The second-order valence-corrected chi connectivity index (χ2v) is 7.71.